The molecule has 0 fully saturated rings. The van der Waals surface area contributed by atoms with E-state index in [2.05, 4.69) is 22.3 Å². The zero-order valence-electron chi connectivity index (χ0n) is 12.9. The number of thioether (sulfide) groups is 1. The Kier molecular flexibility index (Phi) is 5.32. The number of rotatable bonds is 7. The van der Waals surface area contributed by atoms with Gasteiger partial charge in [0.05, 0.1) is 19.9 Å². The first-order valence-corrected chi connectivity index (χ1v) is 8.45. The standard InChI is InChI=1S/C18H18N2O2S/c1-21-15-7-9-16(10-8-15)22-11-4-12-23-18-17-6-3-2-5-14(17)13-19-20-18/h2-3,5-10,13H,4,11-12H2,1H3. The second-order valence-corrected chi connectivity index (χ2v) is 6.05. The number of fused-ring (bicyclic) bond motifs is 1. The summed E-state index contributed by atoms with van der Waals surface area (Å²) in [5, 5.41) is 11.6. The Labute approximate surface area is 139 Å². The van der Waals surface area contributed by atoms with Crippen molar-refractivity contribution in [3.05, 3.63) is 54.7 Å². The van der Waals surface area contributed by atoms with Gasteiger partial charge in [-0.3, -0.25) is 0 Å². The smallest absolute Gasteiger partial charge is 0.127 e. The molecular formula is C18H18N2O2S. The van der Waals surface area contributed by atoms with Crippen molar-refractivity contribution in [1.82, 2.24) is 10.2 Å². The van der Waals surface area contributed by atoms with Crippen LogP contribution in [0.1, 0.15) is 6.42 Å². The van der Waals surface area contributed by atoms with Crippen LogP contribution < -0.4 is 9.47 Å². The molecule has 118 valence electrons. The van der Waals surface area contributed by atoms with Gasteiger partial charge in [0.2, 0.25) is 0 Å². The molecule has 3 aromatic rings. The van der Waals surface area contributed by atoms with Gasteiger partial charge in [0.15, 0.2) is 0 Å². The minimum absolute atomic E-state index is 0.678. The van der Waals surface area contributed by atoms with Gasteiger partial charge < -0.3 is 9.47 Å². The lowest BCUT2D eigenvalue weighted by atomic mass is 10.2. The van der Waals surface area contributed by atoms with Crippen molar-refractivity contribution >= 4 is 22.5 Å². The van der Waals surface area contributed by atoms with E-state index < -0.39 is 0 Å². The summed E-state index contributed by atoms with van der Waals surface area (Å²) in [7, 11) is 1.66. The maximum absolute atomic E-state index is 5.73. The fourth-order valence-corrected chi connectivity index (χ4v) is 3.10. The van der Waals surface area contributed by atoms with Crippen molar-refractivity contribution in [2.24, 2.45) is 0 Å². The van der Waals surface area contributed by atoms with E-state index in [0.717, 1.165) is 39.5 Å². The van der Waals surface area contributed by atoms with Crippen LogP contribution in [0, 0.1) is 0 Å². The van der Waals surface area contributed by atoms with Crippen molar-refractivity contribution < 1.29 is 9.47 Å². The Hall–Kier alpha value is -2.27. The van der Waals surface area contributed by atoms with Crippen LogP contribution in [0.25, 0.3) is 10.8 Å². The van der Waals surface area contributed by atoms with Gasteiger partial charge in [-0.2, -0.15) is 5.10 Å². The van der Waals surface area contributed by atoms with Crippen LogP contribution in [0.4, 0.5) is 0 Å². The first-order valence-electron chi connectivity index (χ1n) is 7.47. The molecule has 0 N–H and O–H groups in total. The molecule has 5 heteroatoms. The van der Waals surface area contributed by atoms with Gasteiger partial charge in [0, 0.05) is 16.5 Å². The SMILES string of the molecule is COc1ccc(OCCCSc2nncc3ccccc23)cc1. The quantitative estimate of drug-likeness (QED) is 0.481. The van der Waals surface area contributed by atoms with Gasteiger partial charge in [-0.05, 0) is 30.7 Å². The Balaban J connectivity index is 1.47. The number of methoxy groups -OCH3 is 1. The summed E-state index contributed by atoms with van der Waals surface area (Å²) >= 11 is 1.72. The predicted molar refractivity (Wildman–Crippen MR) is 93.4 cm³/mol. The minimum Gasteiger partial charge on any atom is -0.497 e. The van der Waals surface area contributed by atoms with E-state index in [1.165, 1.54) is 0 Å². The van der Waals surface area contributed by atoms with Crippen LogP contribution >= 0.6 is 11.8 Å². The van der Waals surface area contributed by atoms with Crippen LogP contribution in [0.2, 0.25) is 0 Å². The second kappa shape index (κ2) is 7.83. The molecule has 23 heavy (non-hydrogen) atoms. The maximum Gasteiger partial charge on any atom is 0.127 e. The molecule has 0 aliphatic heterocycles. The highest BCUT2D eigenvalue weighted by atomic mass is 32.2. The molecule has 0 saturated carbocycles. The second-order valence-electron chi connectivity index (χ2n) is 4.96. The van der Waals surface area contributed by atoms with E-state index in [1.807, 2.05) is 36.4 Å². The highest BCUT2D eigenvalue weighted by Gasteiger charge is 2.03. The fraction of sp³-hybridized carbons (Fsp3) is 0.222. The molecule has 1 heterocycles. The summed E-state index contributed by atoms with van der Waals surface area (Å²) in [5.74, 6) is 2.64. The number of nitrogens with zero attached hydrogens (tertiary/aromatic N) is 2. The summed E-state index contributed by atoms with van der Waals surface area (Å²) in [4.78, 5) is 0. The third kappa shape index (κ3) is 4.13. The lowest BCUT2D eigenvalue weighted by Crippen LogP contribution is -1.99. The molecule has 0 bridgehead atoms. The number of aromatic nitrogens is 2. The molecule has 0 radical (unpaired) electrons. The van der Waals surface area contributed by atoms with Crippen LogP contribution in [-0.2, 0) is 0 Å². The number of hydrogen-bond acceptors (Lipinski definition) is 5. The third-order valence-electron chi connectivity index (χ3n) is 3.39. The zero-order valence-corrected chi connectivity index (χ0v) is 13.8. The summed E-state index contributed by atoms with van der Waals surface area (Å²) in [6.07, 6.45) is 2.74. The van der Waals surface area contributed by atoms with Crippen molar-refractivity contribution in [2.45, 2.75) is 11.4 Å². The van der Waals surface area contributed by atoms with Crippen LogP contribution in [0.15, 0.2) is 59.8 Å². The fourth-order valence-electron chi connectivity index (χ4n) is 2.20. The Morgan fingerprint density at radius 3 is 2.61 bits per heavy atom. The number of hydrogen-bond donors (Lipinski definition) is 0. The molecule has 4 nitrogen and oxygen atoms in total. The molecule has 0 atom stereocenters. The Morgan fingerprint density at radius 1 is 1.00 bits per heavy atom. The highest BCUT2D eigenvalue weighted by Crippen LogP contribution is 2.25. The first-order chi connectivity index (χ1) is 11.4. The molecule has 0 unspecified atom stereocenters. The van der Waals surface area contributed by atoms with Gasteiger partial charge in [-0.15, -0.1) is 16.9 Å². The summed E-state index contributed by atoms with van der Waals surface area (Å²) in [6.45, 7) is 0.678. The van der Waals surface area contributed by atoms with Crippen LogP contribution in [-0.4, -0.2) is 29.7 Å². The van der Waals surface area contributed by atoms with Gasteiger partial charge in [-0.1, -0.05) is 24.3 Å². The average molecular weight is 326 g/mol. The summed E-state index contributed by atoms with van der Waals surface area (Å²) in [5.41, 5.74) is 0. The molecule has 0 spiro atoms. The van der Waals surface area contributed by atoms with Crippen molar-refractivity contribution in [2.75, 3.05) is 19.5 Å². The molecule has 0 amide bonds. The largest absolute Gasteiger partial charge is 0.497 e. The first kappa shape index (κ1) is 15.6. The Morgan fingerprint density at radius 2 is 1.78 bits per heavy atom. The molecule has 0 saturated heterocycles. The molecule has 1 aromatic heterocycles. The van der Waals surface area contributed by atoms with E-state index in [-0.39, 0.29) is 0 Å². The van der Waals surface area contributed by atoms with Crippen LogP contribution in [0.3, 0.4) is 0 Å². The molecule has 2 aromatic carbocycles. The van der Waals surface area contributed by atoms with Gasteiger partial charge in [-0.25, -0.2) is 0 Å². The van der Waals surface area contributed by atoms with E-state index >= 15 is 0 Å². The lowest BCUT2D eigenvalue weighted by molar-refractivity contribution is 0.318. The lowest BCUT2D eigenvalue weighted by Gasteiger charge is -2.07. The van der Waals surface area contributed by atoms with E-state index in [4.69, 9.17) is 9.47 Å². The summed E-state index contributed by atoms with van der Waals surface area (Å²) < 4.78 is 10.9. The molecule has 0 aliphatic carbocycles. The number of ether oxygens (including phenoxy) is 2. The highest BCUT2D eigenvalue weighted by molar-refractivity contribution is 7.99. The zero-order chi connectivity index (χ0) is 15.9. The maximum atomic E-state index is 5.73. The van der Waals surface area contributed by atoms with Gasteiger partial charge >= 0.3 is 0 Å². The van der Waals surface area contributed by atoms with Gasteiger partial charge in [0.1, 0.15) is 16.5 Å². The van der Waals surface area contributed by atoms with Crippen molar-refractivity contribution in [3.63, 3.8) is 0 Å². The van der Waals surface area contributed by atoms with Crippen LogP contribution in [0.5, 0.6) is 11.5 Å². The number of benzene rings is 2. The van der Waals surface area contributed by atoms with E-state index in [1.54, 1.807) is 25.1 Å². The van der Waals surface area contributed by atoms with Crippen molar-refractivity contribution in [1.29, 1.82) is 0 Å². The van der Waals surface area contributed by atoms with Crippen molar-refractivity contribution in [3.8, 4) is 11.5 Å². The van der Waals surface area contributed by atoms with E-state index in [9.17, 15) is 0 Å². The normalized spacial score (nSPS) is 10.7. The predicted octanol–water partition coefficient (Wildman–Crippen LogP) is 4.20. The van der Waals surface area contributed by atoms with E-state index in [0.29, 0.717) is 6.61 Å². The average Bonchev–Trinajstić information content (AvgIpc) is 2.62. The monoisotopic (exact) mass is 326 g/mol. The summed E-state index contributed by atoms with van der Waals surface area (Å²) in [6, 6.07) is 15.8. The van der Waals surface area contributed by atoms with Gasteiger partial charge in [0.25, 0.3) is 0 Å². The third-order valence-corrected chi connectivity index (χ3v) is 4.46. The minimum atomic E-state index is 0.678. The molecule has 0 aliphatic rings. The topological polar surface area (TPSA) is 44.2 Å². The molecular weight excluding hydrogens is 308 g/mol. The molecule has 3 rings (SSSR count). The Bertz CT molecular complexity index is 757.